The average molecular weight is 269 g/mol. The van der Waals surface area contributed by atoms with Gasteiger partial charge in [0.05, 0.1) is 0 Å². The average Bonchev–Trinajstić information content (AvgIpc) is 2.28. The summed E-state index contributed by atoms with van der Waals surface area (Å²) in [5.74, 6) is 0. The quantitative estimate of drug-likeness (QED) is 0.644. The maximum absolute atomic E-state index is 11.0. The number of fused-ring (bicyclic) bond motifs is 1. The molecule has 2 rings (SSSR count). The maximum Gasteiger partial charge on any atom is 0.0406 e. The second-order valence-corrected chi connectivity index (χ2v) is 5.12. The van der Waals surface area contributed by atoms with Crippen LogP contribution < -0.4 is 5.73 Å². The van der Waals surface area contributed by atoms with Crippen molar-refractivity contribution in [2.75, 3.05) is 5.73 Å². The van der Waals surface area contributed by atoms with E-state index in [2.05, 4.69) is 0 Å². The van der Waals surface area contributed by atoms with Gasteiger partial charge in [0.15, 0.2) is 0 Å². The molecule has 0 amide bonds. The van der Waals surface area contributed by atoms with Gasteiger partial charge in [-0.25, -0.2) is 0 Å². The van der Waals surface area contributed by atoms with Gasteiger partial charge in [-0.1, -0.05) is 12.1 Å². The highest BCUT2D eigenvalue weighted by atomic mass is 32.2. The van der Waals surface area contributed by atoms with Gasteiger partial charge in [-0.15, -0.1) is 0 Å². The normalized spacial score (nSPS) is 14.7. The molecule has 0 heterocycles. The minimum atomic E-state index is -2.47. The van der Waals surface area contributed by atoms with E-state index in [1.807, 2.05) is 0 Å². The van der Waals surface area contributed by atoms with Crippen LogP contribution in [0, 0.1) is 0 Å². The van der Waals surface area contributed by atoms with Crippen molar-refractivity contribution in [2.24, 2.45) is 0 Å². The molecule has 5 nitrogen and oxygen atoms in total. The Morgan fingerprint density at radius 1 is 0.941 bits per heavy atom. The number of rotatable bonds is 2. The van der Waals surface area contributed by atoms with E-state index in [-0.39, 0.29) is 20.9 Å². The molecule has 7 heteroatoms. The fourth-order valence-corrected chi connectivity index (χ4v) is 2.77. The minimum Gasteiger partial charge on any atom is -0.768 e. The zero-order valence-electron chi connectivity index (χ0n) is 8.41. The van der Waals surface area contributed by atoms with Gasteiger partial charge in [-0.2, -0.15) is 0 Å². The number of anilines is 1. The maximum atomic E-state index is 11.0. The summed E-state index contributed by atoms with van der Waals surface area (Å²) in [6, 6.07) is 7.10. The highest BCUT2D eigenvalue weighted by molar-refractivity contribution is 7.80. The molecule has 90 valence electrons. The SMILES string of the molecule is Nc1ccc(S(=O)[O-])c2cccc(S(=O)[O-])c12. The Morgan fingerprint density at radius 2 is 1.59 bits per heavy atom. The summed E-state index contributed by atoms with van der Waals surface area (Å²) >= 11 is -4.91. The van der Waals surface area contributed by atoms with Crippen LogP contribution in [0.1, 0.15) is 0 Å². The molecule has 2 N–H and O–H groups in total. The molecule has 0 bridgehead atoms. The van der Waals surface area contributed by atoms with Gasteiger partial charge in [-0.3, -0.25) is 8.42 Å². The number of hydrogen-bond donors (Lipinski definition) is 1. The third-order valence-electron chi connectivity index (χ3n) is 2.35. The highest BCUT2D eigenvalue weighted by Crippen LogP contribution is 2.30. The van der Waals surface area contributed by atoms with Crippen molar-refractivity contribution in [1.82, 2.24) is 0 Å². The molecule has 2 aromatic rings. The fourth-order valence-electron chi connectivity index (χ4n) is 1.66. The Balaban J connectivity index is 2.95. The third-order valence-corrected chi connectivity index (χ3v) is 3.77. The molecule has 2 aromatic carbocycles. The van der Waals surface area contributed by atoms with E-state index in [1.54, 1.807) is 0 Å². The van der Waals surface area contributed by atoms with Gasteiger partial charge >= 0.3 is 0 Å². The largest absolute Gasteiger partial charge is 0.768 e. The van der Waals surface area contributed by atoms with E-state index in [4.69, 9.17) is 5.73 Å². The van der Waals surface area contributed by atoms with Crippen molar-refractivity contribution in [1.29, 1.82) is 0 Å². The first kappa shape index (κ1) is 12.2. The van der Waals surface area contributed by atoms with Crippen molar-refractivity contribution in [3.63, 3.8) is 0 Å². The van der Waals surface area contributed by atoms with Crippen LogP contribution in [0.5, 0.6) is 0 Å². The van der Waals surface area contributed by atoms with Crippen LogP contribution in [0.3, 0.4) is 0 Å². The summed E-state index contributed by atoms with van der Waals surface area (Å²) < 4.78 is 44.1. The van der Waals surface area contributed by atoms with Gasteiger partial charge in [0.2, 0.25) is 0 Å². The smallest absolute Gasteiger partial charge is 0.0406 e. The topological polar surface area (TPSA) is 106 Å². The van der Waals surface area contributed by atoms with Crippen LogP contribution >= 0.6 is 0 Å². The summed E-state index contributed by atoms with van der Waals surface area (Å²) in [5.41, 5.74) is 5.92. The molecule has 0 saturated carbocycles. The molecule has 2 atom stereocenters. The zero-order chi connectivity index (χ0) is 12.6. The van der Waals surface area contributed by atoms with Crippen LogP contribution in [0.25, 0.3) is 10.8 Å². The molecule has 0 fully saturated rings. The molecule has 17 heavy (non-hydrogen) atoms. The Labute approximate surface area is 102 Å². The van der Waals surface area contributed by atoms with E-state index in [1.165, 1.54) is 30.3 Å². The summed E-state index contributed by atoms with van der Waals surface area (Å²) in [5, 5.41) is 0.544. The molecule has 0 aliphatic carbocycles. The molecule has 2 unspecified atom stereocenters. The van der Waals surface area contributed by atoms with Crippen LogP contribution in [0.2, 0.25) is 0 Å². The van der Waals surface area contributed by atoms with Crippen LogP contribution in [-0.4, -0.2) is 17.5 Å². The highest BCUT2D eigenvalue weighted by Gasteiger charge is 2.09. The summed E-state index contributed by atoms with van der Waals surface area (Å²) in [6.07, 6.45) is 0. The van der Waals surface area contributed by atoms with Gasteiger partial charge in [0.1, 0.15) is 0 Å². The molecule has 0 radical (unpaired) electrons. The first-order valence-corrected chi connectivity index (χ1v) is 6.67. The van der Waals surface area contributed by atoms with Crippen molar-refractivity contribution in [3.8, 4) is 0 Å². The minimum absolute atomic E-state index is 0.00713. The molecule has 0 aliphatic heterocycles. The first-order valence-electron chi connectivity index (χ1n) is 4.52. The molecular weight excluding hydrogens is 262 g/mol. The fraction of sp³-hybridized carbons (Fsp3) is 0. The molecule has 0 aliphatic rings. The Hall–Kier alpha value is -1.28. The van der Waals surface area contributed by atoms with E-state index in [0.29, 0.717) is 5.39 Å². The predicted octanol–water partition coefficient (Wildman–Crippen LogP) is 0.898. The second-order valence-electron chi connectivity index (χ2n) is 3.30. The monoisotopic (exact) mass is 269 g/mol. The van der Waals surface area contributed by atoms with E-state index in [0.717, 1.165) is 0 Å². The lowest BCUT2D eigenvalue weighted by molar-refractivity contribution is 0.536. The lowest BCUT2D eigenvalue weighted by atomic mass is 10.1. The molecule has 0 aromatic heterocycles. The first-order chi connectivity index (χ1) is 8.02. The summed E-state index contributed by atoms with van der Waals surface area (Å²) in [6.45, 7) is 0. The van der Waals surface area contributed by atoms with Crippen LogP contribution in [-0.2, 0) is 22.2 Å². The second kappa shape index (κ2) is 4.53. The lowest BCUT2D eigenvalue weighted by Crippen LogP contribution is -1.98. The number of nitrogens with two attached hydrogens (primary N) is 1. The Morgan fingerprint density at radius 3 is 2.18 bits per heavy atom. The molecule has 0 spiro atoms. The van der Waals surface area contributed by atoms with Crippen molar-refractivity contribution < 1.29 is 17.5 Å². The number of benzene rings is 2. The van der Waals surface area contributed by atoms with Gasteiger partial charge < -0.3 is 14.8 Å². The van der Waals surface area contributed by atoms with Crippen molar-refractivity contribution >= 4 is 38.6 Å². The summed E-state index contributed by atoms with van der Waals surface area (Å²) in [4.78, 5) is 0.0220. The number of hydrogen-bond acceptors (Lipinski definition) is 5. The Kier molecular flexibility index (Phi) is 3.25. The van der Waals surface area contributed by atoms with Crippen LogP contribution in [0.15, 0.2) is 40.1 Å². The van der Waals surface area contributed by atoms with Crippen molar-refractivity contribution in [2.45, 2.75) is 9.79 Å². The van der Waals surface area contributed by atoms with E-state index in [9.17, 15) is 17.5 Å². The number of nitrogen functional groups attached to an aromatic ring is 1. The van der Waals surface area contributed by atoms with E-state index < -0.39 is 22.2 Å². The predicted molar refractivity (Wildman–Crippen MR) is 62.7 cm³/mol. The standard InChI is InChI=1S/C10H9NO4S2/c11-7-4-5-8(16(12)13)6-2-1-3-9(10(6)7)17(14)15/h1-5H,11H2,(H,12,13)(H,14,15)/p-2. The van der Waals surface area contributed by atoms with E-state index >= 15 is 0 Å². The van der Waals surface area contributed by atoms with Gasteiger partial charge in [0.25, 0.3) is 0 Å². The molecule has 0 saturated heterocycles. The zero-order valence-corrected chi connectivity index (χ0v) is 10.0. The Bertz CT molecular complexity index is 641. The van der Waals surface area contributed by atoms with Crippen LogP contribution in [0.4, 0.5) is 5.69 Å². The lowest BCUT2D eigenvalue weighted by Gasteiger charge is -2.15. The van der Waals surface area contributed by atoms with Gasteiger partial charge in [-0.05, 0) is 45.7 Å². The summed E-state index contributed by atoms with van der Waals surface area (Å²) in [7, 11) is 0. The third kappa shape index (κ3) is 2.09. The van der Waals surface area contributed by atoms with Gasteiger partial charge in [0, 0.05) is 20.9 Å². The molecular formula is C10H7NO4S2-2. The van der Waals surface area contributed by atoms with Crippen molar-refractivity contribution in [3.05, 3.63) is 30.3 Å².